The molecule has 0 radical (unpaired) electrons. The van der Waals surface area contributed by atoms with Gasteiger partial charge in [0.05, 0.1) is 20.3 Å². The van der Waals surface area contributed by atoms with Gasteiger partial charge in [0.25, 0.3) is 0 Å². The molecule has 1 atom stereocenters. The highest BCUT2D eigenvalue weighted by atomic mass is 16.5. The van der Waals surface area contributed by atoms with Gasteiger partial charge in [-0.05, 0) is 25.5 Å². The molecule has 0 unspecified atom stereocenters. The van der Waals surface area contributed by atoms with Crippen LogP contribution in [0.2, 0.25) is 0 Å². The second-order valence-electron chi connectivity index (χ2n) is 6.24. The SMILES string of the molecule is CC[C@H](C)[NH+]1CC[NH+](Cc2cc(OC)c(O)c(OC)c2)CC1. The standard InChI is InChI=1S/C17H28N2O3/c1-5-13(2)19-8-6-18(7-9-19)12-14-10-15(21-3)17(20)16(11-14)22-4/h10-11,13,20H,5-9,12H2,1-4H3/p+2/t13-/m0/s1. The summed E-state index contributed by atoms with van der Waals surface area (Å²) in [4.78, 5) is 3.31. The van der Waals surface area contributed by atoms with Crippen LogP contribution in [0.5, 0.6) is 17.2 Å². The van der Waals surface area contributed by atoms with Gasteiger partial charge >= 0.3 is 0 Å². The van der Waals surface area contributed by atoms with Crippen molar-refractivity contribution in [2.45, 2.75) is 32.9 Å². The van der Waals surface area contributed by atoms with Gasteiger partial charge in [0.2, 0.25) is 5.75 Å². The van der Waals surface area contributed by atoms with E-state index in [1.807, 2.05) is 12.1 Å². The number of hydrogen-bond donors (Lipinski definition) is 3. The zero-order chi connectivity index (χ0) is 16.1. The van der Waals surface area contributed by atoms with E-state index in [0.29, 0.717) is 11.5 Å². The fourth-order valence-electron chi connectivity index (χ4n) is 3.22. The van der Waals surface area contributed by atoms with Crippen LogP contribution in [0.4, 0.5) is 0 Å². The van der Waals surface area contributed by atoms with Crippen molar-refractivity contribution < 1.29 is 24.4 Å². The Balaban J connectivity index is 2.00. The fourth-order valence-corrected chi connectivity index (χ4v) is 3.22. The van der Waals surface area contributed by atoms with Gasteiger partial charge in [0, 0.05) is 5.56 Å². The number of phenols is 1. The lowest BCUT2D eigenvalue weighted by atomic mass is 10.1. The van der Waals surface area contributed by atoms with Crippen molar-refractivity contribution in [2.75, 3.05) is 40.4 Å². The summed E-state index contributed by atoms with van der Waals surface area (Å²) in [6.07, 6.45) is 1.25. The van der Waals surface area contributed by atoms with Crippen molar-refractivity contribution in [3.05, 3.63) is 17.7 Å². The molecule has 0 aliphatic carbocycles. The van der Waals surface area contributed by atoms with Crippen LogP contribution >= 0.6 is 0 Å². The summed E-state index contributed by atoms with van der Waals surface area (Å²) in [6, 6.07) is 4.59. The first-order valence-corrected chi connectivity index (χ1v) is 8.21. The maximum absolute atomic E-state index is 9.98. The monoisotopic (exact) mass is 310 g/mol. The van der Waals surface area contributed by atoms with Crippen LogP contribution in [0.25, 0.3) is 0 Å². The lowest BCUT2D eigenvalue weighted by molar-refractivity contribution is -1.03. The summed E-state index contributed by atoms with van der Waals surface area (Å²) < 4.78 is 10.5. The molecule has 0 saturated carbocycles. The number of hydrogen-bond acceptors (Lipinski definition) is 3. The smallest absolute Gasteiger partial charge is 0.200 e. The van der Waals surface area contributed by atoms with E-state index in [-0.39, 0.29) is 5.75 Å². The molecule has 1 aromatic rings. The molecule has 1 saturated heterocycles. The summed E-state index contributed by atoms with van der Waals surface area (Å²) in [7, 11) is 3.14. The number of quaternary nitrogens is 2. The third-order valence-electron chi connectivity index (χ3n) is 4.90. The molecule has 1 aliphatic heterocycles. The summed E-state index contributed by atoms with van der Waals surface area (Å²) in [5.74, 6) is 1.05. The number of phenolic OH excluding ortho intramolecular Hbond substituents is 1. The van der Waals surface area contributed by atoms with Gasteiger partial charge in [0.1, 0.15) is 32.7 Å². The van der Waals surface area contributed by atoms with Gasteiger partial charge in [-0.1, -0.05) is 6.92 Å². The van der Waals surface area contributed by atoms with E-state index in [9.17, 15) is 5.11 Å². The first-order valence-electron chi connectivity index (χ1n) is 8.21. The minimum Gasteiger partial charge on any atom is -0.502 e. The molecule has 1 heterocycles. The molecule has 1 aromatic carbocycles. The number of rotatable bonds is 6. The van der Waals surface area contributed by atoms with E-state index >= 15 is 0 Å². The molecule has 0 bridgehead atoms. The summed E-state index contributed by atoms with van der Waals surface area (Å²) >= 11 is 0. The van der Waals surface area contributed by atoms with Gasteiger partial charge < -0.3 is 24.4 Å². The predicted octanol–water partition coefficient (Wildman–Crippen LogP) is -0.509. The van der Waals surface area contributed by atoms with E-state index in [0.717, 1.165) is 18.2 Å². The molecule has 0 amide bonds. The Morgan fingerprint density at radius 2 is 1.64 bits per heavy atom. The van der Waals surface area contributed by atoms with Crippen LogP contribution in [-0.2, 0) is 6.54 Å². The Morgan fingerprint density at radius 1 is 1.09 bits per heavy atom. The van der Waals surface area contributed by atoms with Crippen molar-refractivity contribution in [3.8, 4) is 17.2 Å². The van der Waals surface area contributed by atoms with Crippen molar-refractivity contribution in [1.82, 2.24) is 0 Å². The van der Waals surface area contributed by atoms with E-state index in [1.165, 1.54) is 32.6 Å². The van der Waals surface area contributed by atoms with Crippen molar-refractivity contribution in [3.63, 3.8) is 0 Å². The molecule has 0 aromatic heterocycles. The van der Waals surface area contributed by atoms with E-state index in [4.69, 9.17) is 9.47 Å². The summed E-state index contributed by atoms with van der Waals surface area (Å²) in [5.41, 5.74) is 1.15. The lowest BCUT2D eigenvalue weighted by Crippen LogP contribution is -3.29. The maximum atomic E-state index is 9.98. The number of methoxy groups -OCH3 is 2. The first kappa shape index (κ1) is 16.9. The van der Waals surface area contributed by atoms with Gasteiger partial charge in [-0.15, -0.1) is 0 Å². The molecule has 5 heteroatoms. The lowest BCUT2D eigenvalue weighted by Gasteiger charge is -2.33. The van der Waals surface area contributed by atoms with Crippen molar-refractivity contribution >= 4 is 0 Å². The molecule has 124 valence electrons. The van der Waals surface area contributed by atoms with Gasteiger partial charge in [-0.3, -0.25) is 0 Å². The molecular weight excluding hydrogens is 280 g/mol. The molecule has 1 aliphatic rings. The minimum absolute atomic E-state index is 0.0785. The molecule has 1 fully saturated rings. The van der Waals surface area contributed by atoms with E-state index < -0.39 is 0 Å². The van der Waals surface area contributed by atoms with Crippen LogP contribution in [0.3, 0.4) is 0 Å². The second kappa shape index (κ2) is 7.70. The van der Waals surface area contributed by atoms with Crippen LogP contribution in [0.1, 0.15) is 25.8 Å². The van der Waals surface area contributed by atoms with Crippen molar-refractivity contribution in [1.29, 1.82) is 0 Å². The predicted molar refractivity (Wildman–Crippen MR) is 86.1 cm³/mol. The number of ether oxygens (including phenoxy) is 2. The van der Waals surface area contributed by atoms with Crippen molar-refractivity contribution in [2.24, 2.45) is 0 Å². The topological polar surface area (TPSA) is 47.6 Å². The zero-order valence-electron chi connectivity index (χ0n) is 14.2. The first-order chi connectivity index (χ1) is 10.6. The molecule has 2 rings (SSSR count). The highest BCUT2D eigenvalue weighted by Crippen LogP contribution is 2.36. The quantitative estimate of drug-likeness (QED) is 0.663. The molecule has 5 nitrogen and oxygen atoms in total. The zero-order valence-corrected chi connectivity index (χ0v) is 14.2. The molecule has 3 N–H and O–H groups in total. The Labute approximate surface area is 133 Å². The third kappa shape index (κ3) is 3.84. The largest absolute Gasteiger partial charge is 0.502 e. The minimum atomic E-state index is 0.0785. The summed E-state index contributed by atoms with van der Waals surface area (Å²) in [5, 5.41) is 9.98. The molecular formula is C17H30N2O3+2. The molecule has 22 heavy (non-hydrogen) atoms. The van der Waals surface area contributed by atoms with E-state index in [2.05, 4.69) is 13.8 Å². The number of nitrogens with one attached hydrogen (secondary N) is 2. The van der Waals surface area contributed by atoms with Gasteiger partial charge in [-0.2, -0.15) is 0 Å². The van der Waals surface area contributed by atoms with Crippen LogP contribution in [0, 0.1) is 0 Å². The highest BCUT2D eigenvalue weighted by molar-refractivity contribution is 5.52. The Hall–Kier alpha value is -1.46. The highest BCUT2D eigenvalue weighted by Gasteiger charge is 2.26. The van der Waals surface area contributed by atoms with Crippen LogP contribution < -0.4 is 19.3 Å². The Kier molecular flexibility index (Phi) is 5.91. The van der Waals surface area contributed by atoms with Crippen LogP contribution in [0.15, 0.2) is 12.1 Å². The number of benzene rings is 1. The average Bonchev–Trinajstić information content (AvgIpc) is 2.56. The van der Waals surface area contributed by atoms with Crippen LogP contribution in [-0.4, -0.2) is 51.5 Å². The van der Waals surface area contributed by atoms with E-state index in [1.54, 1.807) is 24.0 Å². The Morgan fingerprint density at radius 3 is 2.09 bits per heavy atom. The Bertz CT molecular complexity index is 460. The maximum Gasteiger partial charge on any atom is 0.200 e. The number of piperazine rings is 1. The average molecular weight is 310 g/mol. The number of aromatic hydroxyl groups is 1. The van der Waals surface area contributed by atoms with Gasteiger partial charge in [0.15, 0.2) is 11.5 Å². The summed E-state index contributed by atoms with van der Waals surface area (Å²) in [6.45, 7) is 10.4. The normalized spacial score (nSPS) is 23.1. The molecule has 0 spiro atoms. The fraction of sp³-hybridized carbons (Fsp3) is 0.647. The van der Waals surface area contributed by atoms with Gasteiger partial charge in [-0.25, -0.2) is 0 Å². The third-order valence-corrected chi connectivity index (χ3v) is 4.90. The second-order valence-corrected chi connectivity index (χ2v) is 6.24.